The van der Waals surface area contributed by atoms with E-state index in [1.165, 1.54) is 23.1 Å². The Labute approximate surface area is 192 Å². The number of nitrogens with zero attached hydrogens (tertiary/aromatic N) is 3. The first-order valence-corrected chi connectivity index (χ1v) is 10.6. The van der Waals surface area contributed by atoms with Gasteiger partial charge in [0, 0.05) is 30.8 Å². The maximum atomic E-state index is 13.0. The van der Waals surface area contributed by atoms with Crippen LogP contribution in [0, 0.1) is 10.1 Å². The van der Waals surface area contributed by atoms with E-state index in [0.29, 0.717) is 30.0 Å². The first-order valence-electron chi connectivity index (χ1n) is 10.6. The van der Waals surface area contributed by atoms with Crippen molar-refractivity contribution in [2.24, 2.45) is 0 Å². The molecule has 1 heterocycles. The van der Waals surface area contributed by atoms with E-state index in [4.69, 9.17) is 4.74 Å². The van der Waals surface area contributed by atoms with Gasteiger partial charge in [-0.25, -0.2) is 0 Å². The predicted octanol–water partition coefficient (Wildman–Crippen LogP) is 3.37. The highest BCUT2D eigenvalue weighted by Crippen LogP contribution is 2.40. The molecule has 1 N–H and O–H groups in total. The summed E-state index contributed by atoms with van der Waals surface area (Å²) >= 11 is 0. The van der Waals surface area contributed by atoms with E-state index in [0.717, 1.165) is 6.42 Å². The summed E-state index contributed by atoms with van der Waals surface area (Å²) in [6.07, 6.45) is 0.806. The van der Waals surface area contributed by atoms with Crippen molar-refractivity contribution >= 4 is 23.1 Å². The summed E-state index contributed by atoms with van der Waals surface area (Å²) < 4.78 is 5.62. The number of hydrogen-bond donors (Lipinski definition) is 1. The SMILES string of the molecule is CCCOc1cccc(C(O)=C2C(=O)C(=O)N(CCN(C)C)C2c2cccc([N+](=O)[O-])c2)c1. The molecule has 1 fully saturated rings. The molecule has 1 saturated heterocycles. The average molecular weight is 453 g/mol. The number of carbonyl (C=O) groups excluding carboxylic acids is 2. The van der Waals surface area contributed by atoms with E-state index in [1.807, 2.05) is 25.9 Å². The van der Waals surface area contributed by atoms with Crippen molar-refractivity contribution in [3.8, 4) is 5.75 Å². The van der Waals surface area contributed by atoms with Crippen molar-refractivity contribution in [1.82, 2.24) is 9.80 Å². The predicted molar refractivity (Wildman–Crippen MR) is 123 cm³/mol. The van der Waals surface area contributed by atoms with Gasteiger partial charge in [-0.15, -0.1) is 0 Å². The molecule has 0 spiro atoms. The first-order chi connectivity index (χ1) is 15.7. The number of rotatable bonds is 9. The van der Waals surface area contributed by atoms with Gasteiger partial charge in [-0.2, -0.15) is 0 Å². The molecule has 9 heteroatoms. The fourth-order valence-corrected chi connectivity index (χ4v) is 3.68. The molecule has 174 valence electrons. The van der Waals surface area contributed by atoms with Crippen molar-refractivity contribution < 1.29 is 24.4 Å². The smallest absolute Gasteiger partial charge is 0.295 e. The van der Waals surface area contributed by atoms with E-state index in [-0.39, 0.29) is 23.6 Å². The van der Waals surface area contributed by atoms with Crippen LogP contribution in [0.3, 0.4) is 0 Å². The lowest BCUT2D eigenvalue weighted by atomic mass is 9.95. The van der Waals surface area contributed by atoms with Crippen LogP contribution < -0.4 is 4.74 Å². The topological polar surface area (TPSA) is 113 Å². The molecule has 1 aliphatic rings. The average Bonchev–Trinajstić information content (AvgIpc) is 3.06. The number of aliphatic hydroxyl groups excluding tert-OH is 1. The number of aliphatic hydroxyl groups is 1. The molecule has 1 atom stereocenters. The quantitative estimate of drug-likeness (QED) is 0.204. The zero-order valence-corrected chi connectivity index (χ0v) is 18.9. The Hall–Kier alpha value is -3.72. The minimum Gasteiger partial charge on any atom is -0.507 e. The van der Waals surface area contributed by atoms with Gasteiger partial charge in [-0.1, -0.05) is 31.2 Å². The van der Waals surface area contributed by atoms with Gasteiger partial charge in [0.1, 0.15) is 11.5 Å². The summed E-state index contributed by atoms with van der Waals surface area (Å²) in [6, 6.07) is 11.5. The largest absolute Gasteiger partial charge is 0.507 e. The molecule has 0 aliphatic carbocycles. The van der Waals surface area contributed by atoms with E-state index in [2.05, 4.69) is 0 Å². The summed E-state index contributed by atoms with van der Waals surface area (Å²) in [5.74, 6) is -1.41. The van der Waals surface area contributed by atoms with Crippen LogP contribution in [-0.4, -0.2) is 65.3 Å². The molecule has 2 aromatic carbocycles. The number of benzene rings is 2. The third-order valence-electron chi connectivity index (χ3n) is 5.31. The van der Waals surface area contributed by atoms with Crippen molar-refractivity contribution in [2.75, 3.05) is 33.8 Å². The molecule has 1 amide bonds. The molecule has 1 unspecified atom stereocenters. The second-order valence-corrected chi connectivity index (χ2v) is 8.02. The van der Waals surface area contributed by atoms with Gasteiger partial charge >= 0.3 is 0 Å². The molecular weight excluding hydrogens is 426 g/mol. The Morgan fingerprint density at radius 1 is 1.18 bits per heavy atom. The maximum Gasteiger partial charge on any atom is 0.295 e. The van der Waals surface area contributed by atoms with Crippen LogP contribution in [0.5, 0.6) is 5.75 Å². The highest BCUT2D eigenvalue weighted by Gasteiger charge is 2.46. The van der Waals surface area contributed by atoms with E-state index < -0.39 is 22.7 Å². The normalized spacial score (nSPS) is 17.6. The standard InChI is InChI=1S/C24H27N3O6/c1-4-13-33-19-10-6-8-17(15-19)22(28)20-21(16-7-5-9-18(14-16)27(31)32)26(12-11-25(2)3)24(30)23(20)29/h5-10,14-15,21,28H,4,11-13H2,1-3H3. The molecule has 0 aromatic heterocycles. The van der Waals surface area contributed by atoms with Crippen LogP contribution in [0.4, 0.5) is 5.69 Å². The third-order valence-corrected chi connectivity index (χ3v) is 5.31. The number of hydrogen-bond acceptors (Lipinski definition) is 7. The van der Waals surface area contributed by atoms with Crippen LogP contribution in [0.2, 0.25) is 0 Å². The van der Waals surface area contributed by atoms with Crippen LogP contribution in [0.1, 0.15) is 30.5 Å². The van der Waals surface area contributed by atoms with Crippen LogP contribution in [0.25, 0.3) is 5.76 Å². The highest BCUT2D eigenvalue weighted by atomic mass is 16.6. The van der Waals surface area contributed by atoms with Crippen molar-refractivity contribution in [3.63, 3.8) is 0 Å². The molecule has 0 saturated carbocycles. The van der Waals surface area contributed by atoms with Crippen LogP contribution >= 0.6 is 0 Å². The lowest BCUT2D eigenvalue weighted by Gasteiger charge is -2.26. The summed E-state index contributed by atoms with van der Waals surface area (Å²) in [4.78, 5) is 40.0. The van der Waals surface area contributed by atoms with Gasteiger partial charge in [-0.05, 0) is 38.2 Å². The van der Waals surface area contributed by atoms with Gasteiger partial charge in [0.15, 0.2) is 0 Å². The molecule has 9 nitrogen and oxygen atoms in total. The second kappa shape index (κ2) is 10.3. The first kappa shape index (κ1) is 23.9. The Balaban J connectivity index is 2.14. The van der Waals surface area contributed by atoms with Gasteiger partial charge in [0.2, 0.25) is 0 Å². The second-order valence-electron chi connectivity index (χ2n) is 8.02. The summed E-state index contributed by atoms with van der Waals surface area (Å²) in [6.45, 7) is 3.14. The number of carbonyl (C=O) groups is 2. The number of ether oxygens (including phenoxy) is 1. The fraction of sp³-hybridized carbons (Fsp3) is 0.333. The lowest BCUT2D eigenvalue weighted by Crippen LogP contribution is -2.35. The molecular formula is C24H27N3O6. The van der Waals surface area contributed by atoms with Crippen molar-refractivity contribution in [2.45, 2.75) is 19.4 Å². The number of ketones is 1. The minimum atomic E-state index is -0.954. The zero-order valence-electron chi connectivity index (χ0n) is 18.9. The minimum absolute atomic E-state index is 0.105. The Morgan fingerprint density at radius 2 is 1.91 bits per heavy atom. The van der Waals surface area contributed by atoms with Gasteiger partial charge in [0.25, 0.3) is 17.4 Å². The Bertz CT molecular complexity index is 1100. The number of nitro benzene ring substituents is 1. The van der Waals surface area contributed by atoms with E-state index in [9.17, 15) is 24.8 Å². The van der Waals surface area contributed by atoms with Gasteiger partial charge < -0.3 is 19.6 Å². The monoisotopic (exact) mass is 453 g/mol. The summed E-state index contributed by atoms with van der Waals surface area (Å²) in [5.41, 5.74) is 0.430. The van der Waals surface area contributed by atoms with E-state index >= 15 is 0 Å². The number of Topliss-reactive ketones (excluding diaryl/α,β-unsaturated/α-hetero) is 1. The number of non-ortho nitro benzene ring substituents is 1. The molecule has 0 radical (unpaired) electrons. The number of likely N-dealkylation sites (N-methyl/N-ethyl adjacent to an activating group) is 1. The molecule has 0 bridgehead atoms. The molecule has 3 rings (SSSR count). The number of nitro groups is 1. The van der Waals surface area contributed by atoms with Crippen molar-refractivity contribution in [3.05, 3.63) is 75.3 Å². The van der Waals surface area contributed by atoms with Gasteiger partial charge in [-0.3, -0.25) is 19.7 Å². The summed E-state index contributed by atoms with van der Waals surface area (Å²) in [7, 11) is 3.67. The Morgan fingerprint density at radius 3 is 2.58 bits per heavy atom. The van der Waals surface area contributed by atoms with Crippen LogP contribution in [0.15, 0.2) is 54.1 Å². The van der Waals surface area contributed by atoms with Gasteiger partial charge in [0.05, 0.1) is 23.1 Å². The lowest BCUT2D eigenvalue weighted by molar-refractivity contribution is -0.384. The van der Waals surface area contributed by atoms with Crippen LogP contribution in [-0.2, 0) is 9.59 Å². The zero-order chi connectivity index (χ0) is 24.1. The summed E-state index contributed by atoms with van der Waals surface area (Å²) in [5, 5.41) is 22.5. The molecule has 2 aromatic rings. The van der Waals surface area contributed by atoms with E-state index in [1.54, 1.807) is 30.3 Å². The molecule has 1 aliphatic heterocycles. The van der Waals surface area contributed by atoms with Crippen molar-refractivity contribution in [1.29, 1.82) is 0 Å². The maximum absolute atomic E-state index is 13.0. The Kier molecular flexibility index (Phi) is 7.44. The molecule has 33 heavy (non-hydrogen) atoms. The fourth-order valence-electron chi connectivity index (χ4n) is 3.68. The third kappa shape index (κ3) is 5.20. The highest BCUT2D eigenvalue weighted by molar-refractivity contribution is 6.46. The number of amides is 1. The number of likely N-dealkylation sites (tertiary alicyclic amines) is 1.